The van der Waals surface area contributed by atoms with E-state index in [0.717, 1.165) is 5.56 Å². The molecule has 1 aromatic heterocycles. The van der Waals surface area contributed by atoms with Crippen LogP contribution in [-0.2, 0) is 0 Å². The van der Waals surface area contributed by atoms with Crippen molar-refractivity contribution in [1.82, 2.24) is 4.73 Å². The minimum absolute atomic E-state index is 0.101. The highest BCUT2D eigenvalue weighted by atomic mass is 16.5. The molecular weight excluding hydrogens is 304 g/mol. The van der Waals surface area contributed by atoms with Crippen LogP contribution in [0, 0.1) is 17.0 Å². The fourth-order valence-electron chi connectivity index (χ4n) is 2.78. The molecule has 1 heterocycles. The van der Waals surface area contributed by atoms with Gasteiger partial charge in [0.15, 0.2) is 0 Å². The molecule has 0 fully saturated rings. The second kappa shape index (κ2) is 5.92. The fraction of sp³-hybridized carbons (Fsp3) is 0.211. The lowest BCUT2D eigenvalue weighted by Gasteiger charge is -2.16. The number of hydrogen-bond donors (Lipinski definition) is 0. The van der Waals surface area contributed by atoms with E-state index in [9.17, 15) is 14.9 Å². The number of aromatic nitrogens is 2. The van der Waals surface area contributed by atoms with Gasteiger partial charge in [-0.15, -0.1) is 0 Å². The summed E-state index contributed by atoms with van der Waals surface area (Å²) in [5, 5.41) is 12.4. The van der Waals surface area contributed by atoms with Gasteiger partial charge in [0.05, 0.1) is 10.1 Å². The molecule has 0 unspecified atom stereocenters. The van der Waals surface area contributed by atoms with E-state index >= 15 is 0 Å². The molecule has 0 atom stereocenters. The second-order valence-corrected chi connectivity index (χ2v) is 6.12. The quantitative estimate of drug-likeness (QED) is 0.547. The summed E-state index contributed by atoms with van der Waals surface area (Å²) >= 11 is 0. The van der Waals surface area contributed by atoms with Gasteiger partial charge in [-0.05, 0) is 30.5 Å². The van der Waals surface area contributed by atoms with Crippen LogP contribution < -0.4 is 4.43 Å². The molecule has 0 aliphatic carbocycles. The third-order valence-corrected chi connectivity index (χ3v) is 4.20. The van der Waals surface area contributed by atoms with Gasteiger partial charge in [0, 0.05) is 16.5 Å². The molecule has 0 amide bonds. The third kappa shape index (κ3) is 2.48. The monoisotopic (exact) mass is 322 g/mol. The molecule has 122 valence electrons. The molecule has 0 saturated heterocycles. The molecule has 0 saturated carbocycles. The van der Waals surface area contributed by atoms with Crippen LogP contribution in [0.2, 0.25) is 0 Å². The van der Waals surface area contributed by atoms with Crippen molar-refractivity contribution in [1.29, 1.82) is 0 Å². The molecule has 0 aliphatic rings. The summed E-state index contributed by atoms with van der Waals surface area (Å²) in [6.07, 6.45) is 0. The average Bonchev–Trinajstić information content (AvgIpc) is 2.60. The first-order chi connectivity index (χ1) is 11.4. The van der Waals surface area contributed by atoms with E-state index < -0.39 is 5.78 Å². The Morgan fingerprint density at radius 3 is 2.54 bits per heavy atom. The highest BCUT2D eigenvalue weighted by Crippen LogP contribution is 2.19. The minimum atomic E-state index is -0.444. The van der Waals surface area contributed by atoms with Crippen LogP contribution in [0.3, 0.4) is 0 Å². The normalized spacial score (nSPS) is 11.2. The number of para-hydroxylation sites is 2. The lowest BCUT2D eigenvalue weighted by Crippen LogP contribution is -2.30. The Morgan fingerprint density at radius 2 is 1.83 bits per heavy atom. The van der Waals surface area contributed by atoms with E-state index in [1.807, 2.05) is 19.9 Å². The number of carbonyl (C=O) groups is 1. The molecular formula is C19H18N2O3. The maximum Gasteiger partial charge on any atom is 0.329 e. The van der Waals surface area contributed by atoms with E-state index in [1.54, 1.807) is 36.4 Å². The molecule has 5 nitrogen and oxygen atoms in total. The van der Waals surface area contributed by atoms with Gasteiger partial charge in [-0.2, -0.15) is 0 Å². The summed E-state index contributed by atoms with van der Waals surface area (Å²) in [4.78, 5) is 25.6. The van der Waals surface area contributed by atoms with Gasteiger partial charge in [0.2, 0.25) is 0 Å². The second-order valence-electron chi connectivity index (χ2n) is 6.12. The highest BCUT2D eigenvalue weighted by molar-refractivity contribution is 6.07. The Labute approximate surface area is 139 Å². The zero-order chi connectivity index (χ0) is 17.4. The van der Waals surface area contributed by atoms with Crippen LogP contribution >= 0.6 is 0 Å². The van der Waals surface area contributed by atoms with Gasteiger partial charge in [0.25, 0.3) is 11.3 Å². The summed E-state index contributed by atoms with van der Waals surface area (Å²) in [5.74, 6) is -0.181. The standard InChI is InChI=1S/C19H18N2O3/c1-12(2)14-7-6-8-15(11-14)19(22)18-13(3)20(23)16-9-4-5-10-17(16)21(18)24/h4-12H,1-3H3. The van der Waals surface area contributed by atoms with Crippen LogP contribution in [0.15, 0.2) is 48.5 Å². The summed E-state index contributed by atoms with van der Waals surface area (Å²) in [5.41, 5.74) is 1.81. The first-order valence-corrected chi connectivity index (χ1v) is 7.81. The van der Waals surface area contributed by atoms with Gasteiger partial charge in [0.1, 0.15) is 5.52 Å². The van der Waals surface area contributed by atoms with Crippen molar-refractivity contribution in [2.24, 2.45) is 0 Å². The molecule has 0 spiro atoms. The predicted molar refractivity (Wildman–Crippen MR) is 92.8 cm³/mol. The Bertz CT molecular complexity index is 1000. The summed E-state index contributed by atoms with van der Waals surface area (Å²) in [6, 6.07) is 13.6. The zero-order valence-electron chi connectivity index (χ0n) is 13.8. The Kier molecular flexibility index (Phi) is 3.93. The smallest absolute Gasteiger partial charge is 0.329 e. The number of nitrogens with zero attached hydrogens (tertiary/aromatic N) is 2. The van der Waals surface area contributed by atoms with E-state index in [-0.39, 0.29) is 28.3 Å². The molecule has 0 radical (unpaired) electrons. The average molecular weight is 322 g/mol. The Balaban J connectivity index is 2.25. The number of ketones is 1. The van der Waals surface area contributed by atoms with Gasteiger partial charge in [-0.1, -0.05) is 44.2 Å². The SMILES string of the molecule is Cc1c(C(=O)c2cccc(C(C)C)c2)[n+](=O)c2ccccc2n1[O-]. The summed E-state index contributed by atoms with van der Waals surface area (Å²) in [6.45, 7) is 5.56. The number of hydrogen-bond acceptors (Lipinski definition) is 3. The van der Waals surface area contributed by atoms with Gasteiger partial charge >= 0.3 is 5.69 Å². The van der Waals surface area contributed by atoms with Crippen molar-refractivity contribution < 1.29 is 9.22 Å². The molecule has 24 heavy (non-hydrogen) atoms. The summed E-state index contributed by atoms with van der Waals surface area (Å²) in [7, 11) is 0. The van der Waals surface area contributed by atoms with E-state index in [4.69, 9.17) is 0 Å². The van der Waals surface area contributed by atoms with Crippen molar-refractivity contribution in [3.63, 3.8) is 0 Å². The van der Waals surface area contributed by atoms with E-state index in [0.29, 0.717) is 14.7 Å². The van der Waals surface area contributed by atoms with Crippen molar-refractivity contribution in [2.45, 2.75) is 26.7 Å². The minimum Gasteiger partial charge on any atom is -0.805 e. The third-order valence-electron chi connectivity index (χ3n) is 4.20. The van der Waals surface area contributed by atoms with Gasteiger partial charge < -0.3 is 9.94 Å². The zero-order valence-corrected chi connectivity index (χ0v) is 13.8. The number of fused-ring (bicyclic) bond motifs is 1. The molecule has 0 bridgehead atoms. The van der Waals surface area contributed by atoms with Crippen molar-refractivity contribution in [3.8, 4) is 0 Å². The lowest BCUT2D eigenvalue weighted by atomic mass is 9.98. The van der Waals surface area contributed by atoms with Crippen molar-refractivity contribution in [3.05, 3.63) is 81.2 Å². The topological polar surface area (TPSA) is 68.0 Å². The summed E-state index contributed by atoms with van der Waals surface area (Å²) < 4.78 is 1.20. The lowest BCUT2D eigenvalue weighted by molar-refractivity contribution is -0.468. The molecule has 3 rings (SSSR count). The van der Waals surface area contributed by atoms with Crippen LogP contribution in [0.4, 0.5) is 0 Å². The predicted octanol–water partition coefficient (Wildman–Crippen LogP) is 3.56. The first kappa shape index (κ1) is 15.9. The first-order valence-electron chi connectivity index (χ1n) is 7.81. The fourth-order valence-corrected chi connectivity index (χ4v) is 2.78. The molecule has 0 N–H and O–H groups in total. The van der Waals surface area contributed by atoms with Gasteiger partial charge in [-0.25, -0.2) is 0 Å². The molecule has 5 heteroatoms. The maximum atomic E-state index is 12.9. The van der Waals surface area contributed by atoms with E-state index in [1.165, 1.54) is 13.0 Å². The number of carbonyl (C=O) groups excluding carboxylic acids is 1. The van der Waals surface area contributed by atoms with Crippen LogP contribution in [0.1, 0.15) is 47.1 Å². The Morgan fingerprint density at radius 1 is 1.12 bits per heavy atom. The number of benzene rings is 2. The van der Waals surface area contributed by atoms with Crippen molar-refractivity contribution in [2.75, 3.05) is 0 Å². The largest absolute Gasteiger partial charge is 0.805 e. The molecule has 3 aromatic rings. The molecule has 0 aliphatic heterocycles. The van der Waals surface area contributed by atoms with Crippen molar-refractivity contribution >= 4 is 16.8 Å². The van der Waals surface area contributed by atoms with Crippen LogP contribution in [-0.4, -0.2) is 10.5 Å². The van der Waals surface area contributed by atoms with Crippen LogP contribution in [0.25, 0.3) is 11.0 Å². The highest BCUT2D eigenvalue weighted by Gasteiger charge is 2.28. The molecule has 2 aromatic carbocycles. The Hall–Kier alpha value is -2.95. The van der Waals surface area contributed by atoms with Gasteiger partial charge in [-0.3, -0.25) is 4.79 Å². The van der Waals surface area contributed by atoms with Crippen LogP contribution in [0.5, 0.6) is 0 Å². The van der Waals surface area contributed by atoms with E-state index in [2.05, 4.69) is 0 Å². The maximum absolute atomic E-state index is 12.9. The number of rotatable bonds is 3.